The van der Waals surface area contributed by atoms with Crippen LogP contribution in [0.15, 0.2) is 63.8 Å². The lowest BCUT2D eigenvalue weighted by Crippen LogP contribution is -2.22. The number of hydrogen-bond acceptors (Lipinski definition) is 9. The third-order valence-electron chi connectivity index (χ3n) is 6.12. The molecule has 4 aromatic rings. The van der Waals surface area contributed by atoms with Crippen LogP contribution in [0.4, 0.5) is 0 Å². The molecule has 0 saturated carbocycles. The molecule has 0 unspecified atom stereocenters. The fourth-order valence-electron chi connectivity index (χ4n) is 4.40. The summed E-state index contributed by atoms with van der Waals surface area (Å²) in [5.74, 6) is -1.70. The number of phenols is 2. The predicted octanol–water partition coefficient (Wildman–Crippen LogP) is 4.11. The first kappa shape index (κ1) is 23.0. The van der Waals surface area contributed by atoms with Crippen molar-refractivity contribution in [3.8, 4) is 34.3 Å². The maximum absolute atomic E-state index is 13.1. The van der Waals surface area contributed by atoms with Crippen LogP contribution in [0.25, 0.3) is 22.3 Å². The molecule has 182 valence electrons. The van der Waals surface area contributed by atoms with E-state index in [1.165, 1.54) is 38.5 Å². The Morgan fingerprint density at radius 2 is 1.72 bits per heavy atom. The third-order valence-corrected chi connectivity index (χ3v) is 6.12. The van der Waals surface area contributed by atoms with E-state index in [4.69, 9.17) is 18.6 Å². The molecular formula is C27H20O9. The molecule has 5 rings (SSSR count). The number of benzene rings is 3. The van der Waals surface area contributed by atoms with Crippen molar-refractivity contribution in [2.45, 2.75) is 12.3 Å². The second kappa shape index (κ2) is 8.77. The number of methoxy groups -OCH3 is 2. The van der Waals surface area contributed by atoms with Gasteiger partial charge in [-0.2, -0.15) is 0 Å². The zero-order chi connectivity index (χ0) is 25.6. The van der Waals surface area contributed by atoms with Crippen LogP contribution in [0.2, 0.25) is 0 Å². The van der Waals surface area contributed by atoms with Gasteiger partial charge in [-0.25, -0.2) is 4.79 Å². The highest BCUT2D eigenvalue weighted by Crippen LogP contribution is 2.46. The molecule has 1 aliphatic heterocycles. The first-order valence-electron chi connectivity index (χ1n) is 10.9. The summed E-state index contributed by atoms with van der Waals surface area (Å²) in [5, 5.41) is 20.7. The number of phenolic OH excluding ortho intramolecular Hbond substituents is 2. The van der Waals surface area contributed by atoms with E-state index in [2.05, 4.69) is 0 Å². The number of ether oxygens (including phenoxy) is 3. The van der Waals surface area contributed by atoms with Gasteiger partial charge in [-0.05, 0) is 35.9 Å². The number of esters is 2. The van der Waals surface area contributed by atoms with Gasteiger partial charge >= 0.3 is 11.9 Å². The van der Waals surface area contributed by atoms with E-state index in [0.717, 1.165) is 0 Å². The van der Waals surface area contributed by atoms with E-state index in [-0.39, 0.29) is 40.4 Å². The molecule has 0 fully saturated rings. The first-order valence-corrected chi connectivity index (χ1v) is 10.9. The molecule has 0 amide bonds. The van der Waals surface area contributed by atoms with Gasteiger partial charge in [0.15, 0.2) is 16.9 Å². The molecule has 9 heteroatoms. The SMILES string of the molecule is COC(=O)c1ccc([C@@H]2CC(=O)Oc3cc(O)c4c(=O)cc(-c5ccc(OC)c(O)c5)oc4c32)cc1. The van der Waals surface area contributed by atoms with Crippen LogP contribution in [-0.4, -0.2) is 36.4 Å². The predicted molar refractivity (Wildman–Crippen MR) is 128 cm³/mol. The summed E-state index contributed by atoms with van der Waals surface area (Å²) >= 11 is 0. The lowest BCUT2D eigenvalue weighted by Gasteiger charge is -2.26. The monoisotopic (exact) mass is 488 g/mol. The van der Waals surface area contributed by atoms with E-state index < -0.39 is 29.0 Å². The van der Waals surface area contributed by atoms with Crippen LogP contribution in [0.5, 0.6) is 23.0 Å². The molecule has 9 nitrogen and oxygen atoms in total. The van der Waals surface area contributed by atoms with Gasteiger partial charge in [0, 0.05) is 29.2 Å². The minimum absolute atomic E-state index is 0.0531. The average Bonchev–Trinajstić information content (AvgIpc) is 2.87. The largest absolute Gasteiger partial charge is 0.507 e. The molecule has 0 radical (unpaired) electrons. The molecule has 2 N–H and O–H groups in total. The van der Waals surface area contributed by atoms with Crippen molar-refractivity contribution < 1.29 is 38.4 Å². The van der Waals surface area contributed by atoms with E-state index in [1.807, 2.05) is 0 Å². The van der Waals surface area contributed by atoms with Crippen molar-refractivity contribution in [3.05, 3.63) is 81.5 Å². The van der Waals surface area contributed by atoms with E-state index in [9.17, 15) is 24.6 Å². The van der Waals surface area contributed by atoms with Gasteiger partial charge in [0.2, 0.25) is 0 Å². The zero-order valence-electron chi connectivity index (χ0n) is 19.2. The van der Waals surface area contributed by atoms with Gasteiger partial charge in [-0.1, -0.05) is 12.1 Å². The van der Waals surface area contributed by atoms with Crippen molar-refractivity contribution in [1.82, 2.24) is 0 Å². The lowest BCUT2D eigenvalue weighted by atomic mass is 9.84. The van der Waals surface area contributed by atoms with Gasteiger partial charge in [-0.3, -0.25) is 9.59 Å². The average molecular weight is 488 g/mol. The zero-order valence-corrected chi connectivity index (χ0v) is 19.2. The molecular weight excluding hydrogens is 468 g/mol. The van der Waals surface area contributed by atoms with E-state index in [1.54, 1.807) is 30.3 Å². The first-order chi connectivity index (χ1) is 17.3. The summed E-state index contributed by atoms with van der Waals surface area (Å²) in [6.45, 7) is 0. The van der Waals surface area contributed by atoms with Crippen LogP contribution in [0, 0.1) is 0 Å². The maximum Gasteiger partial charge on any atom is 0.337 e. The summed E-state index contributed by atoms with van der Waals surface area (Å²) < 4.78 is 21.3. The van der Waals surface area contributed by atoms with Crippen molar-refractivity contribution in [2.75, 3.05) is 14.2 Å². The number of fused-ring (bicyclic) bond motifs is 3. The summed E-state index contributed by atoms with van der Waals surface area (Å²) in [5.41, 5.74) is 1.35. The molecule has 0 aliphatic carbocycles. The molecule has 1 aliphatic rings. The number of aromatic hydroxyl groups is 2. The Bertz CT molecular complexity index is 1580. The van der Waals surface area contributed by atoms with Gasteiger partial charge in [0.05, 0.1) is 26.2 Å². The Labute approximate surface area is 204 Å². The van der Waals surface area contributed by atoms with Crippen molar-refractivity contribution in [3.63, 3.8) is 0 Å². The molecule has 0 spiro atoms. The van der Waals surface area contributed by atoms with Crippen molar-refractivity contribution in [1.29, 1.82) is 0 Å². The maximum atomic E-state index is 13.1. The Morgan fingerprint density at radius 3 is 2.39 bits per heavy atom. The second-order valence-electron chi connectivity index (χ2n) is 8.22. The molecule has 2 heterocycles. The standard InChI is InChI=1S/C27H20O9/c1-33-20-8-7-15(9-17(20)28)21-11-18(29)25-19(30)12-22-24(26(25)36-21)16(10-23(31)35-22)13-3-5-14(6-4-13)27(32)34-2/h3-9,11-12,16,28,30H,10H2,1-2H3/t16-/m0/s1. The van der Waals surface area contributed by atoms with Gasteiger partial charge in [0.25, 0.3) is 0 Å². The van der Waals surface area contributed by atoms with Gasteiger partial charge < -0.3 is 28.8 Å². The minimum atomic E-state index is -0.585. The quantitative estimate of drug-likeness (QED) is 0.322. The Hall–Kier alpha value is -4.79. The number of carbonyl (C=O) groups excluding carboxylic acids is 2. The fraction of sp³-hybridized carbons (Fsp3) is 0.148. The Balaban J connectivity index is 1.73. The van der Waals surface area contributed by atoms with Crippen LogP contribution in [0.3, 0.4) is 0 Å². The summed E-state index contributed by atoms with van der Waals surface area (Å²) in [6, 6.07) is 13.5. The highest BCUT2D eigenvalue weighted by Gasteiger charge is 2.33. The topological polar surface area (TPSA) is 132 Å². The smallest absolute Gasteiger partial charge is 0.337 e. The van der Waals surface area contributed by atoms with Crippen molar-refractivity contribution in [2.24, 2.45) is 0 Å². The Morgan fingerprint density at radius 1 is 0.972 bits per heavy atom. The van der Waals surface area contributed by atoms with Gasteiger partial charge in [-0.15, -0.1) is 0 Å². The van der Waals surface area contributed by atoms with Crippen molar-refractivity contribution >= 4 is 22.9 Å². The Kier molecular flexibility index (Phi) is 5.60. The second-order valence-corrected chi connectivity index (χ2v) is 8.22. The highest BCUT2D eigenvalue weighted by atomic mass is 16.5. The molecule has 0 saturated heterocycles. The number of hydrogen-bond donors (Lipinski definition) is 2. The molecule has 36 heavy (non-hydrogen) atoms. The summed E-state index contributed by atoms with van der Waals surface area (Å²) in [4.78, 5) is 37.3. The summed E-state index contributed by atoms with van der Waals surface area (Å²) in [6.07, 6.45) is -0.0539. The van der Waals surface area contributed by atoms with Crippen LogP contribution in [-0.2, 0) is 9.53 Å². The van der Waals surface area contributed by atoms with Crippen LogP contribution < -0.4 is 14.9 Å². The van der Waals surface area contributed by atoms with Gasteiger partial charge in [0.1, 0.15) is 28.2 Å². The molecule has 0 bridgehead atoms. The fourth-order valence-corrected chi connectivity index (χ4v) is 4.40. The minimum Gasteiger partial charge on any atom is -0.507 e. The molecule has 1 aromatic heterocycles. The third kappa shape index (κ3) is 3.80. The lowest BCUT2D eigenvalue weighted by molar-refractivity contribution is -0.135. The van der Waals surface area contributed by atoms with E-state index in [0.29, 0.717) is 22.3 Å². The number of carbonyl (C=O) groups is 2. The van der Waals surface area contributed by atoms with Crippen LogP contribution >= 0.6 is 0 Å². The summed E-state index contributed by atoms with van der Waals surface area (Å²) in [7, 11) is 2.70. The molecule has 1 atom stereocenters. The van der Waals surface area contributed by atoms with E-state index >= 15 is 0 Å². The molecule has 3 aromatic carbocycles. The number of rotatable bonds is 4. The normalized spacial score (nSPS) is 14.7. The van der Waals surface area contributed by atoms with Crippen LogP contribution in [0.1, 0.15) is 33.8 Å². The highest BCUT2D eigenvalue weighted by molar-refractivity contribution is 5.93.